The molecule has 2 aromatic carbocycles. The normalized spacial score (nSPS) is 10.9. The molecule has 0 saturated heterocycles. The molecule has 28 heavy (non-hydrogen) atoms. The first kappa shape index (κ1) is 17.7. The number of amides is 2. The van der Waals surface area contributed by atoms with Gasteiger partial charge in [0.1, 0.15) is 0 Å². The zero-order valence-electron chi connectivity index (χ0n) is 15.7. The summed E-state index contributed by atoms with van der Waals surface area (Å²) in [6, 6.07) is 17.0. The summed E-state index contributed by atoms with van der Waals surface area (Å²) in [4.78, 5) is 34.3. The number of aromatic nitrogens is 2. The molecule has 0 radical (unpaired) electrons. The van der Waals surface area contributed by atoms with Crippen molar-refractivity contribution in [3.63, 3.8) is 0 Å². The number of pyridine rings is 1. The molecule has 6 heteroatoms. The van der Waals surface area contributed by atoms with Gasteiger partial charge in [-0.05, 0) is 37.3 Å². The summed E-state index contributed by atoms with van der Waals surface area (Å²) in [6.45, 7) is 1.88. The van der Waals surface area contributed by atoms with E-state index in [2.05, 4.69) is 15.3 Å². The third-order valence-electron chi connectivity index (χ3n) is 4.69. The Hall–Kier alpha value is -3.67. The van der Waals surface area contributed by atoms with E-state index in [4.69, 9.17) is 0 Å². The van der Waals surface area contributed by atoms with Gasteiger partial charge in [-0.2, -0.15) is 0 Å². The molecule has 2 N–H and O–H groups in total. The molecule has 2 heterocycles. The predicted octanol–water partition coefficient (Wildman–Crippen LogP) is 3.74. The molecular formula is C22H20N4O2. The van der Waals surface area contributed by atoms with Crippen molar-refractivity contribution < 1.29 is 9.59 Å². The topological polar surface area (TPSA) is 78.1 Å². The second-order valence-electron chi connectivity index (χ2n) is 6.78. The van der Waals surface area contributed by atoms with E-state index in [0.29, 0.717) is 11.3 Å². The van der Waals surface area contributed by atoms with Gasteiger partial charge in [0.15, 0.2) is 0 Å². The lowest BCUT2D eigenvalue weighted by molar-refractivity contribution is -0.116. The Morgan fingerprint density at radius 2 is 1.86 bits per heavy atom. The van der Waals surface area contributed by atoms with E-state index in [-0.39, 0.29) is 18.4 Å². The molecule has 0 aliphatic carbocycles. The molecule has 0 aliphatic rings. The molecule has 0 unspecified atom stereocenters. The van der Waals surface area contributed by atoms with Gasteiger partial charge in [-0.15, -0.1) is 0 Å². The largest absolute Gasteiger partial charge is 0.360 e. The number of H-pyrrole nitrogens is 1. The lowest BCUT2D eigenvalue weighted by atomic mass is 10.1. The second-order valence-corrected chi connectivity index (χ2v) is 6.78. The van der Waals surface area contributed by atoms with Gasteiger partial charge >= 0.3 is 0 Å². The number of para-hydroxylation sites is 1. The Morgan fingerprint density at radius 1 is 1.04 bits per heavy atom. The van der Waals surface area contributed by atoms with Crippen molar-refractivity contribution >= 4 is 39.3 Å². The quantitative estimate of drug-likeness (QED) is 0.573. The Balaban J connectivity index is 1.50. The number of nitrogens with one attached hydrogen (secondary N) is 2. The standard InChI is InChI=1S/C22H20N4O2/c1-14-10-11-16-19(24-14)8-5-9-20(16)25-21(27)13-26(2)22(28)17-12-23-18-7-4-3-6-15(17)18/h3-12,23H,13H2,1-2H3,(H,25,27). The number of carbonyl (C=O) groups excluding carboxylic acids is 2. The molecule has 0 bridgehead atoms. The number of aromatic amines is 1. The molecule has 2 aromatic heterocycles. The van der Waals surface area contributed by atoms with Gasteiger partial charge in [-0.1, -0.05) is 24.3 Å². The summed E-state index contributed by atoms with van der Waals surface area (Å²) in [7, 11) is 1.62. The van der Waals surface area contributed by atoms with Gasteiger partial charge in [0.2, 0.25) is 5.91 Å². The molecule has 0 aliphatic heterocycles. The van der Waals surface area contributed by atoms with Gasteiger partial charge in [-0.3, -0.25) is 14.6 Å². The van der Waals surface area contributed by atoms with Gasteiger partial charge in [0, 0.05) is 35.2 Å². The summed E-state index contributed by atoms with van der Waals surface area (Å²) in [6.07, 6.45) is 1.68. The maximum absolute atomic E-state index is 12.8. The van der Waals surface area contributed by atoms with Crippen LogP contribution in [0.3, 0.4) is 0 Å². The van der Waals surface area contributed by atoms with Crippen molar-refractivity contribution in [3.8, 4) is 0 Å². The molecule has 0 saturated carbocycles. The van der Waals surface area contributed by atoms with E-state index in [1.54, 1.807) is 13.2 Å². The first-order chi connectivity index (χ1) is 13.5. The van der Waals surface area contributed by atoms with Crippen LogP contribution in [-0.4, -0.2) is 40.3 Å². The molecule has 4 rings (SSSR count). The van der Waals surface area contributed by atoms with Crippen LogP contribution in [0.4, 0.5) is 5.69 Å². The van der Waals surface area contributed by atoms with Crippen LogP contribution in [0.15, 0.2) is 60.8 Å². The van der Waals surface area contributed by atoms with Crippen LogP contribution in [0.5, 0.6) is 0 Å². The van der Waals surface area contributed by atoms with Gasteiger partial charge in [0.25, 0.3) is 5.91 Å². The minimum atomic E-state index is -0.260. The van der Waals surface area contributed by atoms with E-state index in [0.717, 1.165) is 27.5 Å². The van der Waals surface area contributed by atoms with Crippen molar-refractivity contribution in [2.75, 3.05) is 18.9 Å². The maximum Gasteiger partial charge on any atom is 0.256 e. The van der Waals surface area contributed by atoms with Crippen LogP contribution >= 0.6 is 0 Å². The fourth-order valence-corrected chi connectivity index (χ4v) is 3.30. The minimum absolute atomic E-state index is 0.0476. The van der Waals surface area contributed by atoms with Crippen molar-refractivity contribution in [2.45, 2.75) is 6.92 Å². The number of hydrogen-bond acceptors (Lipinski definition) is 3. The summed E-state index contributed by atoms with van der Waals surface area (Å²) < 4.78 is 0. The van der Waals surface area contributed by atoms with Crippen LogP contribution < -0.4 is 5.32 Å². The van der Waals surface area contributed by atoms with Crippen LogP contribution in [0.1, 0.15) is 16.1 Å². The number of likely N-dealkylation sites (N-methyl/N-ethyl adjacent to an activating group) is 1. The Morgan fingerprint density at radius 3 is 2.71 bits per heavy atom. The van der Waals surface area contributed by atoms with Crippen molar-refractivity contribution in [3.05, 3.63) is 72.1 Å². The van der Waals surface area contributed by atoms with E-state index < -0.39 is 0 Å². The molecule has 0 atom stereocenters. The lowest BCUT2D eigenvalue weighted by Crippen LogP contribution is -2.34. The van der Waals surface area contributed by atoms with Crippen LogP contribution in [-0.2, 0) is 4.79 Å². The first-order valence-corrected chi connectivity index (χ1v) is 9.01. The monoisotopic (exact) mass is 372 g/mol. The van der Waals surface area contributed by atoms with Crippen molar-refractivity contribution in [1.29, 1.82) is 0 Å². The highest BCUT2D eigenvalue weighted by atomic mass is 16.2. The number of carbonyl (C=O) groups is 2. The smallest absolute Gasteiger partial charge is 0.256 e. The molecule has 2 amide bonds. The third kappa shape index (κ3) is 3.32. The van der Waals surface area contributed by atoms with Crippen LogP contribution in [0.25, 0.3) is 21.8 Å². The number of nitrogens with zero attached hydrogens (tertiary/aromatic N) is 2. The second kappa shape index (κ2) is 7.15. The zero-order chi connectivity index (χ0) is 19.7. The SMILES string of the molecule is Cc1ccc2c(NC(=O)CN(C)C(=O)c3c[nH]c4ccccc34)cccc2n1. The zero-order valence-corrected chi connectivity index (χ0v) is 15.7. The summed E-state index contributed by atoms with van der Waals surface area (Å²) >= 11 is 0. The number of benzene rings is 2. The third-order valence-corrected chi connectivity index (χ3v) is 4.69. The number of fused-ring (bicyclic) bond motifs is 2. The lowest BCUT2D eigenvalue weighted by Gasteiger charge is -2.17. The van der Waals surface area contributed by atoms with E-state index in [1.165, 1.54) is 4.90 Å². The molecule has 4 aromatic rings. The fourth-order valence-electron chi connectivity index (χ4n) is 3.30. The highest BCUT2D eigenvalue weighted by molar-refractivity contribution is 6.08. The molecular weight excluding hydrogens is 352 g/mol. The fraction of sp³-hybridized carbons (Fsp3) is 0.136. The van der Waals surface area contributed by atoms with Crippen molar-refractivity contribution in [1.82, 2.24) is 14.9 Å². The van der Waals surface area contributed by atoms with E-state index >= 15 is 0 Å². The molecule has 6 nitrogen and oxygen atoms in total. The van der Waals surface area contributed by atoms with Crippen molar-refractivity contribution in [2.24, 2.45) is 0 Å². The number of rotatable bonds is 4. The number of aryl methyl sites for hydroxylation is 1. The average molecular weight is 372 g/mol. The van der Waals surface area contributed by atoms with Gasteiger partial charge < -0.3 is 15.2 Å². The predicted molar refractivity (Wildman–Crippen MR) is 110 cm³/mol. The first-order valence-electron chi connectivity index (χ1n) is 9.01. The van der Waals surface area contributed by atoms with Gasteiger partial charge in [0.05, 0.1) is 23.3 Å². The molecule has 0 fully saturated rings. The highest BCUT2D eigenvalue weighted by Gasteiger charge is 2.18. The minimum Gasteiger partial charge on any atom is -0.360 e. The Labute approximate surface area is 162 Å². The number of hydrogen-bond donors (Lipinski definition) is 2. The number of anilines is 1. The molecule has 0 spiro atoms. The van der Waals surface area contributed by atoms with Crippen LogP contribution in [0.2, 0.25) is 0 Å². The Kier molecular flexibility index (Phi) is 4.53. The van der Waals surface area contributed by atoms with E-state index in [1.807, 2.05) is 61.5 Å². The summed E-state index contributed by atoms with van der Waals surface area (Å²) in [5.74, 6) is -0.466. The molecule has 140 valence electrons. The van der Waals surface area contributed by atoms with E-state index in [9.17, 15) is 9.59 Å². The Bertz CT molecular complexity index is 1200. The average Bonchev–Trinajstić information content (AvgIpc) is 3.11. The van der Waals surface area contributed by atoms with Crippen LogP contribution in [0, 0.1) is 6.92 Å². The maximum atomic E-state index is 12.8. The highest BCUT2D eigenvalue weighted by Crippen LogP contribution is 2.22. The summed E-state index contributed by atoms with van der Waals surface area (Å²) in [5.41, 5.74) is 3.86. The van der Waals surface area contributed by atoms with Gasteiger partial charge in [-0.25, -0.2) is 0 Å². The summed E-state index contributed by atoms with van der Waals surface area (Å²) in [5, 5.41) is 4.60.